The van der Waals surface area contributed by atoms with Gasteiger partial charge in [0, 0.05) is 5.39 Å². The fourth-order valence-electron chi connectivity index (χ4n) is 2.66. The van der Waals surface area contributed by atoms with Crippen LogP contribution in [-0.4, -0.2) is 6.09 Å². The molecule has 1 N–H and O–H groups in total. The number of aryl methyl sites for hydroxylation is 1. The van der Waals surface area contributed by atoms with Gasteiger partial charge in [-0.25, -0.2) is 4.79 Å². The van der Waals surface area contributed by atoms with Crippen molar-refractivity contribution in [3.05, 3.63) is 71.8 Å². The Morgan fingerprint density at radius 1 is 1.00 bits per heavy atom. The molecule has 0 spiro atoms. The van der Waals surface area contributed by atoms with Gasteiger partial charge < -0.3 is 4.74 Å². The van der Waals surface area contributed by atoms with E-state index in [9.17, 15) is 4.79 Å². The molecule has 0 atom stereocenters. The highest BCUT2D eigenvalue weighted by atomic mass is 16.6. The van der Waals surface area contributed by atoms with Gasteiger partial charge in [-0.2, -0.15) is 0 Å². The maximum absolute atomic E-state index is 12.3. The van der Waals surface area contributed by atoms with Crippen LogP contribution in [0.3, 0.4) is 0 Å². The number of amides is 1. The second-order valence-electron chi connectivity index (χ2n) is 6.22. The van der Waals surface area contributed by atoms with Gasteiger partial charge in [-0.05, 0) is 41.5 Å². The second-order valence-corrected chi connectivity index (χ2v) is 6.22. The number of rotatable bonds is 3. The van der Waals surface area contributed by atoms with Gasteiger partial charge >= 0.3 is 6.09 Å². The van der Waals surface area contributed by atoms with Crippen LogP contribution in [0, 0.1) is 6.92 Å². The van der Waals surface area contributed by atoms with Crippen LogP contribution in [0.4, 0.5) is 10.5 Å². The van der Waals surface area contributed by atoms with Crippen molar-refractivity contribution >= 4 is 22.6 Å². The zero-order valence-electron chi connectivity index (χ0n) is 14.2. The van der Waals surface area contributed by atoms with Crippen molar-refractivity contribution in [2.24, 2.45) is 0 Å². The Morgan fingerprint density at radius 3 is 2.54 bits per heavy atom. The average molecular weight is 319 g/mol. The molecule has 0 aliphatic rings. The number of ether oxygens (including phenoxy) is 1. The monoisotopic (exact) mass is 319 g/mol. The molecule has 0 aliphatic carbocycles. The lowest BCUT2D eigenvalue weighted by Gasteiger charge is -2.13. The lowest BCUT2D eigenvalue weighted by atomic mass is 10.0. The number of fused-ring (bicyclic) bond motifs is 1. The highest BCUT2D eigenvalue weighted by Crippen LogP contribution is 2.26. The summed E-state index contributed by atoms with van der Waals surface area (Å²) >= 11 is 0. The average Bonchev–Trinajstić information content (AvgIpc) is 2.57. The molecule has 3 nitrogen and oxygen atoms in total. The van der Waals surface area contributed by atoms with Gasteiger partial charge in [0.1, 0.15) is 5.75 Å². The molecular formula is C21H21NO2. The lowest BCUT2D eigenvalue weighted by molar-refractivity contribution is 0.215. The first-order valence-electron chi connectivity index (χ1n) is 8.12. The van der Waals surface area contributed by atoms with Gasteiger partial charge in [0.2, 0.25) is 0 Å². The summed E-state index contributed by atoms with van der Waals surface area (Å²) in [5, 5.41) is 4.92. The summed E-state index contributed by atoms with van der Waals surface area (Å²) in [5.41, 5.74) is 2.83. The topological polar surface area (TPSA) is 38.3 Å². The second kappa shape index (κ2) is 6.75. The number of anilines is 1. The van der Waals surface area contributed by atoms with E-state index >= 15 is 0 Å². The van der Waals surface area contributed by atoms with Crippen molar-refractivity contribution < 1.29 is 9.53 Å². The molecule has 0 bridgehead atoms. The summed E-state index contributed by atoms with van der Waals surface area (Å²) in [6, 6.07) is 19.7. The van der Waals surface area contributed by atoms with Crippen molar-refractivity contribution in [1.29, 1.82) is 0 Å². The summed E-state index contributed by atoms with van der Waals surface area (Å²) in [4.78, 5) is 12.3. The Hall–Kier alpha value is -2.81. The van der Waals surface area contributed by atoms with Crippen molar-refractivity contribution in [1.82, 2.24) is 0 Å². The Bertz CT molecular complexity index is 879. The van der Waals surface area contributed by atoms with Crippen molar-refractivity contribution in [3.63, 3.8) is 0 Å². The number of benzene rings is 3. The molecule has 24 heavy (non-hydrogen) atoms. The summed E-state index contributed by atoms with van der Waals surface area (Å²) in [5.74, 6) is 0.980. The van der Waals surface area contributed by atoms with Gasteiger partial charge in [-0.1, -0.05) is 62.4 Å². The molecule has 0 aromatic heterocycles. The molecule has 0 fully saturated rings. The molecule has 0 unspecified atom stereocenters. The van der Waals surface area contributed by atoms with Crippen molar-refractivity contribution in [3.8, 4) is 5.75 Å². The Balaban J connectivity index is 1.82. The maximum Gasteiger partial charge on any atom is 0.417 e. The Morgan fingerprint density at radius 2 is 1.75 bits per heavy atom. The third-order valence-electron chi connectivity index (χ3n) is 4.11. The van der Waals surface area contributed by atoms with Gasteiger partial charge in [-0.15, -0.1) is 0 Å². The van der Waals surface area contributed by atoms with Crippen LogP contribution in [0.1, 0.15) is 30.9 Å². The zero-order valence-corrected chi connectivity index (χ0v) is 14.2. The fraction of sp³-hybridized carbons (Fsp3) is 0.190. The maximum atomic E-state index is 12.3. The predicted octanol–water partition coefficient (Wildman–Crippen LogP) is 5.88. The van der Waals surface area contributed by atoms with Crippen molar-refractivity contribution in [2.75, 3.05) is 5.32 Å². The van der Waals surface area contributed by atoms with Gasteiger partial charge in [-0.3, -0.25) is 5.32 Å². The van der Waals surface area contributed by atoms with E-state index in [1.165, 1.54) is 0 Å². The van der Waals surface area contributed by atoms with Gasteiger partial charge in [0.15, 0.2) is 0 Å². The van der Waals surface area contributed by atoms with Gasteiger partial charge in [0.25, 0.3) is 0 Å². The SMILES string of the molecule is Cc1ccc(C(C)C)cc1OC(=O)Nc1cccc2ccccc12. The molecule has 3 aromatic carbocycles. The molecule has 1 amide bonds. The lowest BCUT2D eigenvalue weighted by Crippen LogP contribution is -2.17. The minimum absolute atomic E-state index is 0.383. The first-order chi connectivity index (χ1) is 11.5. The van der Waals surface area contributed by atoms with E-state index in [4.69, 9.17) is 4.74 Å². The van der Waals surface area contributed by atoms with Crippen molar-refractivity contribution in [2.45, 2.75) is 26.7 Å². The molecule has 0 saturated heterocycles. The summed E-state index contributed by atoms with van der Waals surface area (Å²) in [7, 11) is 0. The quantitative estimate of drug-likeness (QED) is 0.654. The first kappa shape index (κ1) is 16.1. The molecule has 0 radical (unpaired) electrons. The van der Waals surface area contributed by atoms with Crippen LogP contribution in [0.25, 0.3) is 10.8 Å². The Kier molecular flexibility index (Phi) is 4.52. The van der Waals surface area contributed by atoms with E-state index in [1.807, 2.05) is 61.5 Å². The summed E-state index contributed by atoms with van der Waals surface area (Å²) in [6.45, 7) is 6.17. The van der Waals surface area contributed by atoms with Crippen LogP contribution >= 0.6 is 0 Å². The molecule has 0 saturated carbocycles. The smallest absolute Gasteiger partial charge is 0.410 e. The third-order valence-corrected chi connectivity index (χ3v) is 4.11. The molecule has 122 valence electrons. The predicted molar refractivity (Wildman–Crippen MR) is 98.9 cm³/mol. The van der Waals surface area contributed by atoms with E-state index in [0.29, 0.717) is 11.7 Å². The standard InChI is InChI=1S/C21H21NO2/c1-14(2)17-12-11-15(3)20(13-17)24-21(23)22-19-10-6-8-16-7-4-5-9-18(16)19/h4-14H,1-3H3,(H,22,23). The fourth-order valence-corrected chi connectivity index (χ4v) is 2.66. The zero-order chi connectivity index (χ0) is 17.1. The first-order valence-corrected chi connectivity index (χ1v) is 8.12. The highest BCUT2D eigenvalue weighted by molar-refractivity contribution is 6.00. The number of nitrogens with one attached hydrogen (secondary N) is 1. The molecule has 0 heterocycles. The summed E-state index contributed by atoms with van der Waals surface area (Å²) in [6.07, 6.45) is -0.477. The molecule has 0 aliphatic heterocycles. The minimum Gasteiger partial charge on any atom is -0.410 e. The molecule has 3 heteroatoms. The van der Waals surface area contributed by atoms with E-state index in [1.54, 1.807) is 0 Å². The normalized spacial score (nSPS) is 10.8. The number of hydrogen-bond donors (Lipinski definition) is 1. The number of hydrogen-bond acceptors (Lipinski definition) is 2. The van der Waals surface area contributed by atoms with E-state index in [-0.39, 0.29) is 0 Å². The number of carbonyl (C=O) groups excluding carboxylic acids is 1. The molecular weight excluding hydrogens is 298 g/mol. The molecule has 3 rings (SSSR count). The van der Waals surface area contributed by atoms with Crippen LogP contribution in [-0.2, 0) is 0 Å². The third kappa shape index (κ3) is 3.40. The number of carbonyl (C=O) groups is 1. The Labute approximate surface area is 142 Å². The van der Waals surface area contributed by atoms with Gasteiger partial charge in [0.05, 0.1) is 5.69 Å². The van der Waals surface area contributed by atoms with Crippen LogP contribution in [0.2, 0.25) is 0 Å². The van der Waals surface area contributed by atoms with E-state index in [2.05, 4.69) is 25.2 Å². The molecule has 3 aromatic rings. The summed E-state index contributed by atoms with van der Waals surface area (Å²) < 4.78 is 5.54. The highest BCUT2D eigenvalue weighted by Gasteiger charge is 2.11. The van der Waals surface area contributed by atoms with Crippen LogP contribution < -0.4 is 10.1 Å². The van der Waals surface area contributed by atoms with E-state index in [0.717, 1.165) is 27.6 Å². The van der Waals surface area contributed by atoms with E-state index < -0.39 is 6.09 Å². The van der Waals surface area contributed by atoms with Crippen LogP contribution in [0.15, 0.2) is 60.7 Å². The van der Waals surface area contributed by atoms with Crippen LogP contribution in [0.5, 0.6) is 5.75 Å². The largest absolute Gasteiger partial charge is 0.417 e. The minimum atomic E-state index is -0.477.